The van der Waals surface area contributed by atoms with Crippen LogP contribution in [0, 0.1) is 12.8 Å². The number of hydrogen-bond acceptors (Lipinski definition) is 4. The molecule has 2 aliphatic heterocycles. The minimum atomic E-state index is -3.60. The van der Waals surface area contributed by atoms with Crippen LogP contribution >= 0.6 is 0 Å². The largest absolute Gasteiger partial charge is 0.495 e. The first-order chi connectivity index (χ1) is 14.4. The number of nitrogens with zero attached hydrogens (tertiary/aromatic N) is 2. The van der Waals surface area contributed by atoms with Gasteiger partial charge in [-0.3, -0.25) is 4.79 Å². The first-order valence-corrected chi connectivity index (χ1v) is 11.9. The number of amides is 1. The first kappa shape index (κ1) is 20.9. The zero-order chi connectivity index (χ0) is 21.3. The number of piperidine rings is 1. The Bertz CT molecular complexity index is 1040. The highest BCUT2D eigenvalue weighted by molar-refractivity contribution is 7.89. The van der Waals surface area contributed by atoms with E-state index < -0.39 is 10.0 Å². The van der Waals surface area contributed by atoms with Gasteiger partial charge in [-0.2, -0.15) is 4.31 Å². The van der Waals surface area contributed by atoms with Crippen molar-refractivity contribution in [1.82, 2.24) is 4.31 Å². The molecule has 6 nitrogen and oxygen atoms in total. The zero-order valence-electron chi connectivity index (χ0n) is 17.5. The number of ether oxygens (including phenoxy) is 1. The minimum absolute atomic E-state index is 0.00666. The van der Waals surface area contributed by atoms with Crippen molar-refractivity contribution >= 4 is 21.6 Å². The van der Waals surface area contributed by atoms with Crippen molar-refractivity contribution in [3.8, 4) is 5.75 Å². The third-order valence-corrected chi connectivity index (χ3v) is 8.04. The number of anilines is 1. The van der Waals surface area contributed by atoms with Crippen LogP contribution in [0.25, 0.3) is 0 Å². The number of carbonyl (C=O) groups is 1. The molecule has 2 aromatic carbocycles. The fourth-order valence-corrected chi connectivity index (χ4v) is 6.11. The summed E-state index contributed by atoms with van der Waals surface area (Å²) in [6.45, 7) is 3.35. The Labute approximate surface area is 178 Å². The predicted octanol–water partition coefficient (Wildman–Crippen LogP) is 3.38. The lowest BCUT2D eigenvalue weighted by Gasteiger charge is -2.37. The van der Waals surface area contributed by atoms with Gasteiger partial charge in [0.25, 0.3) is 0 Å². The zero-order valence-corrected chi connectivity index (χ0v) is 18.3. The summed E-state index contributed by atoms with van der Waals surface area (Å²) in [6, 6.07) is 12.4. The molecule has 0 spiro atoms. The lowest BCUT2D eigenvalue weighted by Crippen LogP contribution is -2.48. The second-order valence-electron chi connectivity index (χ2n) is 8.02. The Kier molecular flexibility index (Phi) is 5.84. The highest BCUT2D eigenvalue weighted by atomic mass is 32.2. The number of carbonyl (C=O) groups excluding carboxylic acids is 1. The van der Waals surface area contributed by atoms with Gasteiger partial charge in [0.1, 0.15) is 5.75 Å². The van der Waals surface area contributed by atoms with Gasteiger partial charge in [0.2, 0.25) is 15.9 Å². The topological polar surface area (TPSA) is 66.9 Å². The fourth-order valence-electron chi connectivity index (χ4n) is 4.56. The Morgan fingerprint density at radius 3 is 2.57 bits per heavy atom. The van der Waals surface area contributed by atoms with Crippen LogP contribution in [0.3, 0.4) is 0 Å². The van der Waals surface area contributed by atoms with E-state index in [-0.39, 0.29) is 23.3 Å². The summed E-state index contributed by atoms with van der Waals surface area (Å²) in [7, 11) is -1.98. The van der Waals surface area contributed by atoms with E-state index in [0.717, 1.165) is 29.7 Å². The van der Waals surface area contributed by atoms with E-state index >= 15 is 0 Å². The molecule has 1 atom stereocenters. The Morgan fingerprint density at radius 1 is 1.07 bits per heavy atom. The Balaban J connectivity index is 1.61. The summed E-state index contributed by atoms with van der Waals surface area (Å²) < 4.78 is 33.1. The van der Waals surface area contributed by atoms with Gasteiger partial charge >= 0.3 is 0 Å². The highest BCUT2D eigenvalue weighted by Gasteiger charge is 2.37. The highest BCUT2D eigenvalue weighted by Crippen LogP contribution is 2.39. The number of sulfonamides is 1. The third-order valence-electron chi connectivity index (χ3n) is 6.16. The average Bonchev–Trinajstić information content (AvgIpc) is 2.79. The van der Waals surface area contributed by atoms with E-state index in [0.29, 0.717) is 31.7 Å². The molecule has 0 aliphatic carbocycles. The van der Waals surface area contributed by atoms with E-state index in [1.54, 1.807) is 37.4 Å². The summed E-state index contributed by atoms with van der Waals surface area (Å²) in [6.07, 6.45) is 3.18. The molecule has 0 saturated carbocycles. The average molecular weight is 429 g/mol. The van der Waals surface area contributed by atoms with Crippen LogP contribution in [0.2, 0.25) is 0 Å². The molecular weight excluding hydrogens is 400 g/mol. The number of fused-ring (bicyclic) bond motifs is 1. The molecular formula is C23H28N2O4S. The van der Waals surface area contributed by atoms with Crippen LogP contribution in [0.1, 0.15) is 30.4 Å². The van der Waals surface area contributed by atoms with Gasteiger partial charge < -0.3 is 9.64 Å². The monoisotopic (exact) mass is 428 g/mol. The molecule has 2 aromatic rings. The van der Waals surface area contributed by atoms with E-state index in [1.807, 2.05) is 17.0 Å². The van der Waals surface area contributed by atoms with Crippen LogP contribution in [-0.4, -0.2) is 45.4 Å². The molecule has 0 aromatic heterocycles. The van der Waals surface area contributed by atoms with Crippen LogP contribution in [0.5, 0.6) is 5.75 Å². The number of rotatable bonds is 4. The van der Waals surface area contributed by atoms with Crippen molar-refractivity contribution in [1.29, 1.82) is 0 Å². The van der Waals surface area contributed by atoms with Crippen LogP contribution in [0.15, 0.2) is 47.4 Å². The number of aryl methyl sites for hydroxylation is 1. The summed E-state index contributed by atoms with van der Waals surface area (Å²) in [5, 5.41) is 0. The second kappa shape index (κ2) is 8.40. The van der Waals surface area contributed by atoms with Crippen LogP contribution in [-0.2, 0) is 21.2 Å². The van der Waals surface area contributed by atoms with E-state index in [2.05, 4.69) is 6.92 Å². The summed E-state index contributed by atoms with van der Waals surface area (Å²) in [4.78, 5) is 15.7. The maximum atomic E-state index is 13.6. The van der Waals surface area contributed by atoms with Crippen LogP contribution < -0.4 is 9.64 Å². The molecule has 0 N–H and O–H groups in total. The second-order valence-corrected chi connectivity index (χ2v) is 9.96. The molecule has 0 radical (unpaired) electrons. The van der Waals surface area contributed by atoms with E-state index in [1.165, 1.54) is 4.31 Å². The Hall–Kier alpha value is -2.38. The molecule has 1 amide bonds. The van der Waals surface area contributed by atoms with Gasteiger partial charge in [0, 0.05) is 19.6 Å². The lowest BCUT2D eigenvalue weighted by atomic mass is 9.93. The summed E-state index contributed by atoms with van der Waals surface area (Å²) in [5.41, 5.74) is 3.16. The lowest BCUT2D eigenvalue weighted by molar-refractivity contribution is -0.123. The van der Waals surface area contributed by atoms with Crippen molar-refractivity contribution in [2.75, 3.05) is 31.6 Å². The molecule has 7 heteroatoms. The maximum absolute atomic E-state index is 13.6. The maximum Gasteiger partial charge on any atom is 0.243 e. The molecule has 30 heavy (non-hydrogen) atoms. The van der Waals surface area contributed by atoms with Crippen molar-refractivity contribution in [2.45, 2.75) is 37.5 Å². The van der Waals surface area contributed by atoms with Gasteiger partial charge in [-0.15, -0.1) is 0 Å². The molecule has 0 bridgehead atoms. The van der Waals surface area contributed by atoms with Crippen molar-refractivity contribution in [3.05, 3.63) is 53.6 Å². The van der Waals surface area contributed by atoms with Crippen molar-refractivity contribution in [3.63, 3.8) is 0 Å². The minimum Gasteiger partial charge on any atom is -0.495 e. The molecule has 1 saturated heterocycles. The molecule has 2 aliphatic rings. The SMILES string of the molecule is COc1ccc(C)c2c1N(C(=O)C1CCCN(S(=O)(=O)c3ccccc3)C1)CCC2. The summed E-state index contributed by atoms with van der Waals surface area (Å²) >= 11 is 0. The number of benzene rings is 2. The van der Waals surface area contributed by atoms with Gasteiger partial charge in [-0.1, -0.05) is 24.3 Å². The fraction of sp³-hybridized carbons (Fsp3) is 0.435. The van der Waals surface area contributed by atoms with Crippen molar-refractivity contribution < 1.29 is 17.9 Å². The standard InChI is InChI=1S/C23H28N2O4S/c1-17-12-13-21(29-2)22-20(17)11-7-15-25(22)23(26)18-8-6-14-24(16-18)30(27,28)19-9-4-3-5-10-19/h3-5,9-10,12-13,18H,6-8,11,14-16H2,1-2H3. The molecule has 1 unspecified atom stereocenters. The summed E-state index contributed by atoms with van der Waals surface area (Å²) in [5.74, 6) is 0.342. The first-order valence-electron chi connectivity index (χ1n) is 10.5. The van der Waals surface area contributed by atoms with Gasteiger partial charge in [-0.05, 0) is 61.9 Å². The quantitative estimate of drug-likeness (QED) is 0.749. The van der Waals surface area contributed by atoms with Gasteiger partial charge in [0.05, 0.1) is 23.6 Å². The normalized spacial score (nSPS) is 19.9. The molecule has 4 rings (SSSR count). The third kappa shape index (κ3) is 3.72. The number of methoxy groups -OCH3 is 1. The van der Waals surface area contributed by atoms with Gasteiger partial charge in [-0.25, -0.2) is 8.42 Å². The number of hydrogen-bond donors (Lipinski definition) is 0. The van der Waals surface area contributed by atoms with Crippen molar-refractivity contribution in [2.24, 2.45) is 5.92 Å². The van der Waals surface area contributed by atoms with E-state index in [9.17, 15) is 13.2 Å². The predicted molar refractivity (Wildman–Crippen MR) is 116 cm³/mol. The Morgan fingerprint density at radius 2 is 1.83 bits per heavy atom. The van der Waals surface area contributed by atoms with E-state index in [4.69, 9.17) is 4.74 Å². The van der Waals surface area contributed by atoms with Crippen LogP contribution in [0.4, 0.5) is 5.69 Å². The smallest absolute Gasteiger partial charge is 0.243 e. The molecule has 1 fully saturated rings. The van der Waals surface area contributed by atoms with Gasteiger partial charge in [0.15, 0.2) is 0 Å². The molecule has 2 heterocycles. The molecule has 160 valence electrons.